The van der Waals surface area contributed by atoms with E-state index in [1.165, 1.54) is 0 Å². The third-order valence-corrected chi connectivity index (χ3v) is 1.86. The second-order valence-corrected chi connectivity index (χ2v) is 2.67. The predicted octanol–water partition coefficient (Wildman–Crippen LogP) is 0.216. The molecule has 1 aromatic heterocycles. The molecule has 1 fully saturated rings. The zero-order valence-corrected chi connectivity index (χ0v) is 6.62. The summed E-state index contributed by atoms with van der Waals surface area (Å²) in [6, 6.07) is 3.58. The smallest absolute Gasteiger partial charge is 0.243 e. The van der Waals surface area contributed by atoms with Gasteiger partial charge in [0, 0.05) is 19.2 Å². The van der Waals surface area contributed by atoms with E-state index in [-0.39, 0.29) is 5.91 Å². The molecule has 12 heavy (non-hydrogen) atoms. The Bertz CT molecular complexity index is 269. The van der Waals surface area contributed by atoms with Gasteiger partial charge in [0.15, 0.2) is 0 Å². The van der Waals surface area contributed by atoms with Gasteiger partial charge >= 0.3 is 0 Å². The van der Waals surface area contributed by atoms with Crippen LogP contribution in [0.2, 0.25) is 0 Å². The van der Waals surface area contributed by atoms with Crippen LogP contribution in [0.15, 0.2) is 22.8 Å². The van der Waals surface area contributed by atoms with E-state index in [0.29, 0.717) is 19.0 Å². The number of carbonyl (C=O) groups excluding carboxylic acids is 1. The van der Waals surface area contributed by atoms with Crippen molar-refractivity contribution in [3.05, 3.63) is 18.4 Å². The van der Waals surface area contributed by atoms with Gasteiger partial charge in [-0.25, -0.2) is 0 Å². The Morgan fingerprint density at radius 3 is 3.17 bits per heavy atom. The lowest BCUT2D eigenvalue weighted by Crippen LogP contribution is -2.48. The van der Waals surface area contributed by atoms with Crippen LogP contribution in [0.3, 0.4) is 0 Å². The molecule has 0 saturated carbocycles. The van der Waals surface area contributed by atoms with Gasteiger partial charge in [-0.15, -0.1) is 0 Å². The Balaban J connectivity index is 2.17. The lowest BCUT2D eigenvalue weighted by molar-refractivity contribution is -0.118. The van der Waals surface area contributed by atoms with E-state index in [1.807, 2.05) is 0 Å². The molecule has 64 valence electrons. The number of hydrogen-bond acceptors (Lipinski definition) is 3. The Labute approximate surface area is 70.2 Å². The minimum atomic E-state index is 0.0659. The molecule has 1 N–H and O–H groups in total. The second kappa shape index (κ2) is 2.98. The van der Waals surface area contributed by atoms with Gasteiger partial charge in [-0.05, 0) is 6.07 Å². The first kappa shape index (κ1) is 7.36. The van der Waals surface area contributed by atoms with Crippen LogP contribution in [0.4, 0.5) is 5.88 Å². The van der Waals surface area contributed by atoms with Crippen molar-refractivity contribution < 1.29 is 9.21 Å². The van der Waals surface area contributed by atoms with E-state index in [1.54, 1.807) is 23.3 Å². The normalized spacial score (nSPS) is 18.3. The molecule has 1 aromatic rings. The van der Waals surface area contributed by atoms with Crippen LogP contribution in [0.1, 0.15) is 0 Å². The number of anilines is 1. The molecular formula is C8H10N2O2. The Hall–Kier alpha value is -1.29. The molecule has 1 amide bonds. The Morgan fingerprint density at radius 1 is 1.58 bits per heavy atom. The molecule has 0 radical (unpaired) electrons. The summed E-state index contributed by atoms with van der Waals surface area (Å²) in [5.74, 6) is 0.706. The van der Waals surface area contributed by atoms with Gasteiger partial charge < -0.3 is 9.73 Å². The van der Waals surface area contributed by atoms with Crippen LogP contribution < -0.4 is 10.2 Å². The van der Waals surface area contributed by atoms with Crippen molar-refractivity contribution >= 4 is 11.8 Å². The zero-order valence-electron chi connectivity index (χ0n) is 6.62. The van der Waals surface area contributed by atoms with Gasteiger partial charge in [-0.3, -0.25) is 9.69 Å². The van der Waals surface area contributed by atoms with Crippen LogP contribution in [0.25, 0.3) is 0 Å². The van der Waals surface area contributed by atoms with Gasteiger partial charge in [0.1, 0.15) is 0 Å². The third kappa shape index (κ3) is 1.21. The molecule has 0 aromatic carbocycles. The van der Waals surface area contributed by atoms with Gasteiger partial charge in [0.05, 0.1) is 12.8 Å². The first-order chi connectivity index (χ1) is 5.88. The van der Waals surface area contributed by atoms with Crippen molar-refractivity contribution in [2.75, 3.05) is 24.5 Å². The van der Waals surface area contributed by atoms with E-state index < -0.39 is 0 Å². The fourth-order valence-electron chi connectivity index (χ4n) is 1.26. The maximum atomic E-state index is 11.3. The number of hydrogen-bond donors (Lipinski definition) is 1. The van der Waals surface area contributed by atoms with Gasteiger partial charge in [-0.2, -0.15) is 0 Å². The number of carbonyl (C=O) groups is 1. The monoisotopic (exact) mass is 166 g/mol. The molecule has 2 rings (SSSR count). The number of rotatable bonds is 1. The van der Waals surface area contributed by atoms with Crippen LogP contribution in [0.5, 0.6) is 0 Å². The highest BCUT2D eigenvalue weighted by Crippen LogP contribution is 2.14. The van der Waals surface area contributed by atoms with Crippen molar-refractivity contribution in [1.29, 1.82) is 0 Å². The summed E-state index contributed by atoms with van der Waals surface area (Å²) >= 11 is 0. The molecule has 0 spiro atoms. The number of piperazine rings is 1. The van der Waals surface area contributed by atoms with E-state index in [0.717, 1.165) is 6.54 Å². The van der Waals surface area contributed by atoms with E-state index in [2.05, 4.69) is 5.32 Å². The predicted molar refractivity (Wildman–Crippen MR) is 43.9 cm³/mol. The Morgan fingerprint density at radius 2 is 2.50 bits per heavy atom. The fraction of sp³-hybridized carbons (Fsp3) is 0.375. The van der Waals surface area contributed by atoms with Gasteiger partial charge in [-0.1, -0.05) is 0 Å². The molecule has 4 heteroatoms. The molecule has 0 aliphatic carbocycles. The van der Waals surface area contributed by atoms with Crippen LogP contribution >= 0.6 is 0 Å². The molecule has 4 nitrogen and oxygen atoms in total. The van der Waals surface area contributed by atoms with Crippen molar-refractivity contribution in [3.63, 3.8) is 0 Å². The zero-order chi connectivity index (χ0) is 8.39. The van der Waals surface area contributed by atoms with E-state index in [4.69, 9.17) is 4.42 Å². The van der Waals surface area contributed by atoms with Crippen molar-refractivity contribution in [1.82, 2.24) is 5.32 Å². The molecule has 1 aliphatic rings. The first-order valence-electron chi connectivity index (χ1n) is 3.92. The number of amides is 1. The van der Waals surface area contributed by atoms with Crippen molar-refractivity contribution in [2.45, 2.75) is 0 Å². The van der Waals surface area contributed by atoms with Crippen LogP contribution in [-0.4, -0.2) is 25.5 Å². The number of nitrogens with one attached hydrogen (secondary N) is 1. The summed E-state index contributed by atoms with van der Waals surface area (Å²) in [6.45, 7) is 1.92. The average molecular weight is 166 g/mol. The Kier molecular flexibility index (Phi) is 1.83. The molecule has 0 atom stereocenters. The molecular weight excluding hydrogens is 156 g/mol. The first-order valence-corrected chi connectivity index (χ1v) is 3.92. The van der Waals surface area contributed by atoms with E-state index >= 15 is 0 Å². The summed E-state index contributed by atoms with van der Waals surface area (Å²) in [5.41, 5.74) is 0. The molecule has 0 unspecified atom stereocenters. The second-order valence-electron chi connectivity index (χ2n) is 2.67. The van der Waals surface area contributed by atoms with Crippen LogP contribution in [0, 0.1) is 0 Å². The maximum Gasteiger partial charge on any atom is 0.243 e. The highest BCUT2D eigenvalue weighted by Gasteiger charge is 2.20. The van der Waals surface area contributed by atoms with E-state index in [9.17, 15) is 4.79 Å². The maximum absolute atomic E-state index is 11.3. The minimum Gasteiger partial charge on any atom is -0.448 e. The minimum absolute atomic E-state index is 0.0659. The summed E-state index contributed by atoms with van der Waals surface area (Å²) < 4.78 is 5.12. The highest BCUT2D eigenvalue weighted by atomic mass is 16.3. The molecule has 1 saturated heterocycles. The third-order valence-electron chi connectivity index (χ3n) is 1.86. The fourth-order valence-corrected chi connectivity index (χ4v) is 1.26. The molecule has 0 bridgehead atoms. The van der Waals surface area contributed by atoms with Crippen LogP contribution in [-0.2, 0) is 4.79 Å². The largest absolute Gasteiger partial charge is 0.448 e. The highest BCUT2D eigenvalue weighted by molar-refractivity contribution is 5.94. The summed E-state index contributed by atoms with van der Waals surface area (Å²) in [6.07, 6.45) is 1.57. The topological polar surface area (TPSA) is 45.5 Å². The average Bonchev–Trinajstić information content (AvgIpc) is 2.57. The van der Waals surface area contributed by atoms with Crippen molar-refractivity contribution in [2.24, 2.45) is 0 Å². The quantitative estimate of drug-likeness (QED) is 0.649. The lowest BCUT2D eigenvalue weighted by atomic mass is 10.3. The van der Waals surface area contributed by atoms with Crippen molar-refractivity contribution in [3.8, 4) is 0 Å². The SMILES string of the molecule is O=C1CNCCN1c1ccco1. The van der Waals surface area contributed by atoms with Gasteiger partial charge in [0.2, 0.25) is 11.8 Å². The summed E-state index contributed by atoms with van der Waals surface area (Å²) in [5, 5.41) is 2.99. The van der Waals surface area contributed by atoms with Gasteiger partial charge in [0.25, 0.3) is 0 Å². The molecule has 2 heterocycles. The standard InChI is InChI=1S/C8H10N2O2/c11-7-6-9-3-4-10(7)8-2-1-5-12-8/h1-2,5,9H,3-4,6H2. The summed E-state index contributed by atoms with van der Waals surface area (Å²) in [7, 11) is 0. The number of furan rings is 1. The molecule has 1 aliphatic heterocycles. The lowest BCUT2D eigenvalue weighted by Gasteiger charge is -2.24. The summed E-state index contributed by atoms with van der Waals surface area (Å²) in [4.78, 5) is 12.9. The number of nitrogens with zero attached hydrogens (tertiary/aromatic N) is 1.